The molecule has 0 aromatic carbocycles. The van der Waals surface area contributed by atoms with Gasteiger partial charge in [-0.2, -0.15) is 0 Å². The molecule has 1 rings (SSSR count). The Morgan fingerprint density at radius 3 is 1.62 bits per heavy atom. The molecular formula is C5H6N2Pd. The minimum absolute atomic E-state index is 1.75. The molecule has 0 bridgehead atoms. The van der Waals surface area contributed by atoms with E-state index in [1.807, 2.05) is 37.2 Å². The summed E-state index contributed by atoms with van der Waals surface area (Å²) in [5.74, 6) is 0. The molecule has 2 nitrogen and oxygen atoms in total. The minimum atomic E-state index is 1.75. The number of nitrogens with zero attached hydrogens (tertiary/aromatic N) is 1. The van der Waals surface area contributed by atoms with Gasteiger partial charge in [0.05, 0.1) is 0 Å². The van der Waals surface area contributed by atoms with Gasteiger partial charge in [-0.3, -0.25) is 4.98 Å². The molecular weight excluding hydrogens is 194 g/mol. The molecule has 1 N–H and O–H groups in total. The van der Waals surface area contributed by atoms with Crippen LogP contribution in [-0.4, -0.2) is 4.98 Å². The molecule has 1 aromatic heterocycles. The van der Waals surface area contributed by atoms with Gasteiger partial charge in [0, 0.05) is 12.4 Å². The van der Waals surface area contributed by atoms with Crippen molar-refractivity contribution < 1.29 is 19.0 Å². The fourth-order valence-electron chi connectivity index (χ4n) is 0.313. The van der Waals surface area contributed by atoms with Crippen molar-refractivity contribution in [3.63, 3.8) is 0 Å². The molecule has 1 heterocycles. The molecule has 0 spiro atoms. The van der Waals surface area contributed by atoms with Crippen molar-refractivity contribution in [3.8, 4) is 0 Å². The summed E-state index contributed by atoms with van der Waals surface area (Å²) in [6, 6.07) is 5.72. The monoisotopic (exact) mass is 200 g/mol. The fraction of sp³-hybridized carbons (Fsp3) is 0. The summed E-state index contributed by atoms with van der Waals surface area (Å²) in [7, 11) is 0. The summed E-state index contributed by atoms with van der Waals surface area (Å²) < 4.78 is 5.60. The standard InChI is InChI=1S/C5H5N.HN.Pd/c1-2-4-6-5-3-1;;/h1-5H;1H;. The molecule has 0 aliphatic carbocycles. The molecule has 8 heavy (non-hydrogen) atoms. The third kappa shape index (κ3) is 3.79. The van der Waals surface area contributed by atoms with E-state index in [1.165, 1.54) is 0 Å². The van der Waals surface area contributed by atoms with Crippen LogP contribution in [0, 0.1) is 3.99 Å². The second-order valence-corrected chi connectivity index (χ2v) is 1.02. The fourth-order valence-corrected chi connectivity index (χ4v) is 0.313. The maximum Gasteiger partial charge on any atom is 0.0267 e. The summed E-state index contributed by atoms with van der Waals surface area (Å²) in [6.45, 7) is 0. The molecule has 0 amide bonds. The first-order valence-corrected chi connectivity index (χ1v) is 2.79. The maximum atomic E-state index is 5.60. The van der Waals surface area contributed by atoms with Gasteiger partial charge in [-0.05, 0) is 12.1 Å². The second-order valence-electron chi connectivity index (χ2n) is 1.02. The van der Waals surface area contributed by atoms with Crippen molar-refractivity contribution in [2.45, 2.75) is 0 Å². The Hall–Kier alpha value is -0.388. The first-order chi connectivity index (χ1) is 4.00. The van der Waals surface area contributed by atoms with Crippen LogP contribution in [0.3, 0.4) is 0 Å². The quantitative estimate of drug-likeness (QED) is 0.631. The van der Waals surface area contributed by atoms with Crippen LogP contribution in [0.1, 0.15) is 0 Å². The summed E-state index contributed by atoms with van der Waals surface area (Å²) in [5.41, 5.74) is 0. The number of pyridine rings is 1. The second kappa shape index (κ2) is 6.61. The van der Waals surface area contributed by atoms with E-state index in [0.717, 1.165) is 0 Å². The Balaban J connectivity index is 0.000000222. The summed E-state index contributed by atoms with van der Waals surface area (Å²) in [6.07, 6.45) is 3.50. The van der Waals surface area contributed by atoms with Gasteiger partial charge in [0.15, 0.2) is 0 Å². The number of hydrogen-bond acceptors (Lipinski definition) is 2. The van der Waals surface area contributed by atoms with E-state index in [-0.39, 0.29) is 0 Å². The smallest absolute Gasteiger partial charge is 0.0267 e. The van der Waals surface area contributed by atoms with E-state index in [2.05, 4.69) is 4.98 Å². The van der Waals surface area contributed by atoms with E-state index in [0.29, 0.717) is 0 Å². The van der Waals surface area contributed by atoms with Gasteiger partial charge in [-0.25, -0.2) is 0 Å². The Labute approximate surface area is 59.0 Å². The van der Waals surface area contributed by atoms with Crippen molar-refractivity contribution in [3.05, 3.63) is 30.6 Å². The zero-order valence-electron chi connectivity index (χ0n) is 4.15. The topological polar surface area (TPSA) is 36.7 Å². The van der Waals surface area contributed by atoms with Crippen LogP contribution >= 0.6 is 0 Å². The van der Waals surface area contributed by atoms with Gasteiger partial charge in [0.25, 0.3) is 0 Å². The largest absolute Gasteiger partial charge is 0.265 e. The van der Waals surface area contributed by atoms with Gasteiger partial charge in [-0.1, -0.05) is 6.07 Å². The molecule has 0 fully saturated rings. The Morgan fingerprint density at radius 2 is 1.50 bits per heavy atom. The van der Waals surface area contributed by atoms with Gasteiger partial charge >= 0.3 is 23.0 Å². The average molecular weight is 201 g/mol. The maximum absolute atomic E-state index is 5.60. The van der Waals surface area contributed by atoms with Crippen molar-refractivity contribution >= 4 is 0 Å². The first-order valence-electron chi connectivity index (χ1n) is 2.01. The average Bonchev–Trinajstić information content (AvgIpc) is 1.96. The molecule has 0 atom stereocenters. The predicted octanol–water partition coefficient (Wildman–Crippen LogP) is 1.38. The third-order valence-corrected chi connectivity index (χ3v) is 0.566. The summed E-state index contributed by atoms with van der Waals surface area (Å²) in [5, 5.41) is 0. The van der Waals surface area contributed by atoms with Crippen molar-refractivity contribution in [2.24, 2.45) is 0 Å². The minimum Gasteiger partial charge on any atom is -0.265 e. The molecule has 0 saturated carbocycles. The van der Waals surface area contributed by atoms with Gasteiger partial charge in [0.2, 0.25) is 0 Å². The molecule has 46 valence electrons. The number of aromatic nitrogens is 1. The van der Waals surface area contributed by atoms with Crippen LogP contribution in [0.4, 0.5) is 0 Å². The Bertz CT molecular complexity index is 93.3. The van der Waals surface area contributed by atoms with Crippen LogP contribution in [0.5, 0.6) is 0 Å². The summed E-state index contributed by atoms with van der Waals surface area (Å²) >= 11 is 2.00. The number of nitrogens with one attached hydrogen (secondary N) is 1. The number of rotatable bonds is 0. The molecule has 1 aromatic rings. The van der Waals surface area contributed by atoms with E-state index < -0.39 is 0 Å². The third-order valence-electron chi connectivity index (χ3n) is 0.566. The SMILES string of the molecule is [NH]=[Pd].c1ccncc1. The van der Waals surface area contributed by atoms with Gasteiger partial charge in [0.1, 0.15) is 0 Å². The Kier molecular flexibility index (Phi) is 6.29. The predicted molar refractivity (Wildman–Crippen MR) is 27.0 cm³/mol. The Morgan fingerprint density at radius 1 is 1.00 bits per heavy atom. The van der Waals surface area contributed by atoms with Crippen LogP contribution in [0.2, 0.25) is 0 Å². The molecule has 0 aliphatic rings. The molecule has 0 aliphatic heterocycles. The molecule has 0 saturated heterocycles. The van der Waals surface area contributed by atoms with Crippen molar-refractivity contribution in [1.82, 2.24) is 4.98 Å². The van der Waals surface area contributed by atoms with Gasteiger partial charge < -0.3 is 0 Å². The normalized spacial score (nSPS) is 6.75. The van der Waals surface area contributed by atoms with E-state index in [1.54, 1.807) is 12.4 Å². The van der Waals surface area contributed by atoms with Crippen LogP contribution in [0.25, 0.3) is 0 Å². The zero-order valence-corrected chi connectivity index (χ0v) is 5.70. The molecule has 0 unspecified atom stereocenters. The molecule has 3 heteroatoms. The van der Waals surface area contributed by atoms with E-state index >= 15 is 0 Å². The van der Waals surface area contributed by atoms with Crippen LogP contribution in [0.15, 0.2) is 30.6 Å². The zero-order chi connectivity index (χ0) is 6.24. The van der Waals surface area contributed by atoms with Crippen molar-refractivity contribution in [2.75, 3.05) is 0 Å². The van der Waals surface area contributed by atoms with Gasteiger partial charge in [-0.15, -0.1) is 0 Å². The van der Waals surface area contributed by atoms with E-state index in [9.17, 15) is 0 Å². The number of hydrogen-bond donors (Lipinski definition) is 1. The molecule has 0 radical (unpaired) electrons. The summed E-state index contributed by atoms with van der Waals surface area (Å²) in [4.78, 5) is 3.78. The van der Waals surface area contributed by atoms with Crippen molar-refractivity contribution in [1.29, 1.82) is 3.99 Å². The van der Waals surface area contributed by atoms with Crippen LogP contribution < -0.4 is 0 Å². The van der Waals surface area contributed by atoms with E-state index in [4.69, 9.17) is 3.99 Å². The first kappa shape index (κ1) is 7.61. The van der Waals surface area contributed by atoms with Crippen LogP contribution in [-0.2, 0) is 19.0 Å².